The van der Waals surface area contributed by atoms with Crippen molar-refractivity contribution in [3.63, 3.8) is 0 Å². The van der Waals surface area contributed by atoms with Crippen LogP contribution in [0.15, 0.2) is 21.5 Å². The summed E-state index contributed by atoms with van der Waals surface area (Å²) in [6.07, 6.45) is 1.93. The molecule has 2 unspecified atom stereocenters. The standard InChI is InChI=1S/C11H16BrFN2O3S2/c1-7(3-4-19(2)16)15-20(17,18)10-6-8(14)5-9(12)11(10)13/h5-7,15H,3-4,14H2,1-2H3. The number of rotatable bonds is 6. The molecule has 5 nitrogen and oxygen atoms in total. The molecule has 0 aliphatic carbocycles. The van der Waals surface area contributed by atoms with E-state index in [4.69, 9.17) is 5.73 Å². The maximum absolute atomic E-state index is 13.9. The van der Waals surface area contributed by atoms with E-state index in [1.165, 1.54) is 12.3 Å². The number of nitrogen functional groups attached to an aromatic ring is 1. The van der Waals surface area contributed by atoms with Gasteiger partial charge in [0.15, 0.2) is 5.82 Å². The Labute approximate surface area is 128 Å². The summed E-state index contributed by atoms with van der Waals surface area (Å²) in [5.41, 5.74) is 5.66. The van der Waals surface area contributed by atoms with Crippen molar-refractivity contribution in [1.82, 2.24) is 4.72 Å². The summed E-state index contributed by atoms with van der Waals surface area (Å²) in [6, 6.07) is 1.90. The molecule has 0 spiro atoms. The average Bonchev–Trinajstić information content (AvgIpc) is 2.30. The van der Waals surface area contributed by atoms with Gasteiger partial charge in [-0.05, 0) is 41.4 Å². The van der Waals surface area contributed by atoms with Crippen LogP contribution in [0.1, 0.15) is 13.3 Å². The molecule has 1 aromatic carbocycles. The van der Waals surface area contributed by atoms with Gasteiger partial charge in [-0.3, -0.25) is 4.21 Å². The number of benzene rings is 1. The van der Waals surface area contributed by atoms with E-state index in [2.05, 4.69) is 20.7 Å². The maximum atomic E-state index is 13.9. The van der Waals surface area contributed by atoms with Crippen LogP contribution in [0.3, 0.4) is 0 Å². The minimum absolute atomic E-state index is 0.0137. The summed E-state index contributed by atoms with van der Waals surface area (Å²) in [4.78, 5) is -0.506. The van der Waals surface area contributed by atoms with Gasteiger partial charge in [-0.1, -0.05) is 0 Å². The van der Waals surface area contributed by atoms with Gasteiger partial charge < -0.3 is 5.73 Å². The Morgan fingerprint density at radius 2 is 2.10 bits per heavy atom. The molecule has 1 aromatic rings. The average molecular weight is 387 g/mol. The molecular weight excluding hydrogens is 371 g/mol. The zero-order valence-corrected chi connectivity index (χ0v) is 14.2. The van der Waals surface area contributed by atoms with Crippen LogP contribution in [0, 0.1) is 5.82 Å². The van der Waals surface area contributed by atoms with E-state index >= 15 is 0 Å². The molecule has 0 saturated carbocycles. The summed E-state index contributed by atoms with van der Waals surface area (Å²) in [5.74, 6) is -0.523. The van der Waals surface area contributed by atoms with Gasteiger partial charge in [-0.2, -0.15) is 0 Å². The number of nitrogens with two attached hydrogens (primary N) is 1. The van der Waals surface area contributed by atoms with Crippen molar-refractivity contribution in [2.45, 2.75) is 24.3 Å². The maximum Gasteiger partial charge on any atom is 0.243 e. The van der Waals surface area contributed by atoms with Gasteiger partial charge in [0.1, 0.15) is 4.90 Å². The van der Waals surface area contributed by atoms with E-state index in [0.717, 1.165) is 6.07 Å². The molecule has 2 atom stereocenters. The molecule has 0 heterocycles. The van der Waals surface area contributed by atoms with E-state index in [1.807, 2.05) is 0 Å². The first-order valence-corrected chi connectivity index (χ1v) is 9.70. The third-order valence-electron chi connectivity index (χ3n) is 2.50. The number of halogens is 2. The Balaban J connectivity index is 2.97. The minimum Gasteiger partial charge on any atom is -0.399 e. The predicted octanol–water partition coefficient (Wildman–Crippen LogP) is 1.61. The van der Waals surface area contributed by atoms with Gasteiger partial charge in [0, 0.05) is 34.5 Å². The van der Waals surface area contributed by atoms with Crippen LogP contribution < -0.4 is 10.5 Å². The summed E-state index contributed by atoms with van der Waals surface area (Å²) in [7, 11) is -5.02. The van der Waals surface area contributed by atoms with E-state index in [0.29, 0.717) is 12.2 Å². The van der Waals surface area contributed by atoms with Gasteiger partial charge in [-0.15, -0.1) is 0 Å². The predicted molar refractivity (Wildman–Crippen MR) is 81.8 cm³/mol. The van der Waals surface area contributed by atoms with Crippen LogP contribution in [-0.2, 0) is 20.8 Å². The Morgan fingerprint density at radius 3 is 2.65 bits per heavy atom. The number of anilines is 1. The summed E-state index contributed by atoms with van der Waals surface area (Å²) >= 11 is 2.92. The number of hydrogen-bond acceptors (Lipinski definition) is 4. The lowest BCUT2D eigenvalue weighted by atomic mass is 10.3. The second-order valence-corrected chi connectivity index (χ2v) is 8.49. The highest BCUT2D eigenvalue weighted by Crippen LogP contribution is 2.26. The van der Waals surface area contributed by atoms with Crippen LogP contribution in [0.25, 0.3) is 0 Å². The van der Waals surface area contributed by atoms with Gasteiger partial charge in [0.05, 0.1) is 4.47 Å². The lowest BCUT2D eigenvalue weighted by Crippen LogP contribution is -2.34. The first-order chi connectivity index (χ1) is 9.13. The molecule has 0 amide bonds. The minimum atomic E-state index is -4.02. The molecular formula is C11H16BrFN2O3S2. The van der Waals surface area contributed by atoms with Crippen molar-refractivity contribution in [3.05, 3.63) is 22.4 Å². The summed E-state index contributed by atoms with van der Waals surface area (Å²) in [5, 5.41) is 0. The first kappa shape index (κ1) is 17.5. The van der Waals surface area contributed by atoms with Crippen molar-refractivity contribution in [2.75, 3.05) is 17.7 Å². The second kappa shape index (κ2) is 6.97. The fourth-order valence-electron chi connectivity index (χ4n) is 1.51. The third-order valence-corrected chi connectivity index (χ3v) is 5.48. The highest BCUT2D eigenvalue weighted by molar-refractivity contribution is 9.10. The van der Waals surface area contributed by atoms with Crippen LogP contribution in [-0.4, -0.2) is 30.7 Å². The fourth-order valence-corrected chi connectivity index (χ4v) is 4.22. The zero-order chi connectivity index (χ0) is 15.5. The molecule has 0 aliphatic heterocycles. The Hall–Kier alpha value is -0.510. The lowest BCUT2D eigenvalue weighted by Gasteiger charge is -2.14. The largest absolute Gasteiger partial charge is 0.399 e. The second-order valence-electron chi connectivity index (χ2n) is 4.40. The summed E-state index contributed by atoms with van der Waals surface area (Å²) in [6.45, 7) is 1.63. The van der Waals surface area contributed by atoms with Gasteiger partial charge >= 0.3 is 0 Å². The molecule has 1 rings (SSSR count). The molecule has 0 aliphatic rings. The lowest BCUT2D eigenvalue weighted by molar-refractivity contribution is 0.538. The van der Waals surface area contributed by atoms with Crippen molar-refractivity contribution in [2.24, 2.45) is 0 Å². The molecule has 114 valence electrons. The number of sulfonamides is 1. The Kier molecular flexibility index (Phi) is 6.11. The SMILES string of the molecule is CC(CCS(C)=O)NS(=O)(=O)c1cc(N)cc(Br)c1F. The van der Waals surface area contributed by atoms with E-state index < -0.39 is 37.6 Å². The van der Waals surface area contributed by atoms with Crippen LogP contribution in [0.2, 0.25) is 0 Å². The zero-order valence-electron chi connectivity index (χ0n) is 11.0. The first-order valence-electron chi connectivity index (χ1n) is 5.70. The summed E-state index contributed by atoms with van der Waals surface area (Å²) < 4.78 is 51.4. The van der Waals surface area contributed by atoms with Gasteiger partial charge in [-0.25, -0.2) is 17.5 Å². The van der Waals surface area contributed by atoms with Crippen molar-refractivity contribution < 1.29 is 17.0 Å². The van der Waals surface area contributed by atoms with Crippen molar-refractivity contribution in [3.8, 4) is 0 Å². The molecule has 9 heteroatoms. The smallest absolute Gasteiger partial charge is 0.243 e. The molecule has 0 fully saturated rings. The van der Waals surface area contributed by atoms with Crippen molar-refractivity contribution in [1.29, 1.82) is 0 Å². The highest BCUT2D eigenvalue weighted by Gasteiger charge is 2.23. The van der Waals surface area contributed by atoms with Crippen LogP contribution in [0.4, 0.5) is 10.1 Å². The normalized spacial score (nSPS) is 15.0. The van der Waals surface area contributed by atoms with E-state index in [-0.39, 0.29) is 10.2 Å². The van der Waals surface area contributed by atoms with Crippen LogP contribution in [0.5, 0.6) is 0 Å². The third kappa shape index (κ3) is 4.80. The topological polar surface area (TPSA) is 89.3 Å². The molecule has 3 N–H and O–H groups in total. The number of hydrogen-bond donors (Lipinski definition) is 2. The molecule has 0 bridgehead atoms. The van der Waals surface area contributed by atoms with Crippen molar-refractivity contribution >= 4 is 42.4 Å². The molecule has 20 heavy (non-hydrogen) atoms. The van der Waals surface area contributed by atoms with Gasteiger partial charge in [0.25, 0.3) is 0 Å². The van der Waals surface area contributed by atoms with E-state index in [1.54, 1.807) is 6.92 Å². The molecule has 0 radical (unpaired) electrons. The quantitative estimate of drug-likeness (QED) is 0.726. The monoisotopic (exact) mass is 386 g/mol. The fraction of sp³-hybridized carbons (Fsp3) is 0.455. The number of nitrogens with one attached hydrogen (secondary N) is 1. The Morgan fingerprint density at radius 1 is 1.50 bits per heavy atom. The van der Waals surface area contributed by atoms with Crippen LogP contribution >= 0.6 is 15.9 Å². The molecule has 0 aromatic heterocycles. The molecule has 0 saturated heterocycles. The van der Waals surface area contributed by atoms with Gasteiger partial charge in [0.2, 0.25) is 10.0 Å². The Bertz CT molecular complexity index is 622. The van der Waals surface area contributed by atoms with E-state index in [9.17, 15) is 17.0 Å². The highest BCUT2D eigenvalue weighted by atomic mass is 79.9.